The molecule has 1 amide bonds. The second-order valence-electron chi connectivity index (χ2n) is 9.88. The molecule has 3 aliphatic heterocycles. The molecule has 180 valence electrons. The molecule has 1 spiro atoms. The number of likely N-dealkylation sites (tertiary alicyclic amines) is 1. The van der Waals surface area contributed by atoms with E-state index < -0.39 is 0 Å². The SMILES string of the molecule is C/C(=N\c1c(C)ncnc1N1CC2(CCN(C)CC2)c2ccccc21)C(=O)NC1CCOCC1. The molecule has 0 saturated carbocycles. The number of rotatable bonds is 4. The van der Waals surface area contributed by atoms with E-state index in [1.807, 2.05) is 6.92 Å². The van der Waals surface area contributed by atoms with Crippen LogP contribution in [0.4, 0.5) is 17.2 Å². The maximum Gasteiger partial charge on any atom is 0.265 e. The van der Waals surface area contributed by atoms with Crippen molar-refractivity contribution in [3.8, 4) is 0 Å². The van der Waals surface area contributed by atoms with Crippen LogP contribution in [0.15, 0.2) is 35.6 Å². The third kappa shape index (κ3) is 4.32. The molecule has 0 unspecified atom stereocenters. The summed E-state index contributed by atoms with van der Waals surface area (Å²) in [6.07, 6.45) is 5.50. The van der Waals surface area contributed by atoms with Crippen molar-refractivity contribution >= 4 is 28.8 Å². The fourth-order valence-electron chi connectivity index (χ4n) is 5.43. The largest absolute Gasteiger partial charge is 0.381 e. The van der Waals surface area contributed by atoms with E-state index in [1.54, 1.807) is 13.3 Å². The third-order valence-electron chi connectivity index (χ3n) is 7.58. The minimum Gasteiger partial charge on any atom is -0.381 e. The molecule has 2 aromatic rings. The van der Waals surface area contributed by atoms with Crippen molar-refractivity contribution in [1.29, 1.82) is 0 Å². The zero-order chi connectivity index (χ0) is 23.7. The van der Waals surface area contributed by atoms with E-state index in [0.717, 1.165) is 56.8 Å². The number of aromatic nitrogens is 2. The Morgan fingerprint density at radius 1 is 1.18 bits per heavy atom. The molecule has 8 heteroatoms. The molecule has 1 N–H and O–H groups in total. The number of fused-ring (bicyclic) bond motifs is 2. The van der Waals surface area contributed by atoms with Crippen LogP contribution in [0.1, 0.15) is 43.9 Å². The standard InChI is InChI=1S/C26H34N6O2/c1-18-23(29-19(2)25(33)30-20-8-14-34-15-9-20)24(28-17-27-18)32-16-26(10-12-31(3)13-11-26)21-6-4-5-7-22(21)32/h4-7,17,20H,8-16H2,1-3H3,(H,30,33)/b29-19+. The van der Waals surface area contributed by atoms with Crippen molar-refractivity contribution in [2.24, 2.45) is 4.99 Å². The molecular formula is C26H34N6O2. The van der Waals surface area contributed by atoms with Crippen molar-refractivity contribution in [2.75, 3.05) is 44.8 Å². The zero-order valence-corrected chi connectivity index (χ0v) is 20.4. The van der Waals surface area contributed by atoms with Gasteiger partial charge in [-0.15, -0.1) is 0 Å². The van der Waals surface area contributed by atoms with Gasteiger partial charge < -0.3 is 19.9 Å². The Kier molecular flexibility index (Phi) is 6.36. The lowest BCUT2D eigenvalue weighted by atomic mass is 9.74. The first-order chi connectivity index (χ1) is 16.5. The van der Waals surface area contributed by atoms with Gasteiger partial charge in [0, 0.05) is 36.9 Å². The summed E-state index contributed by atoms with van der Waals surface area (Å²) in [6.45, 7) is 8.10. The molecule has 4 heterocycles. The van der Waals surface area contributed by atoms with Crippen molar-refractivity contribution in [1.82, 2.24) is 20.2 Å². The Bertz CT molecular complexity index is 1090. The fourth-order valence-corrected chi connectivity index (χ4v) is 5.43. The van der Waals surface area contributed by atoms with Crippen molar-refractivity contribution in [3.05, 3.63) is 41.9 Å². The van der Waals surface area contributed by atoms with Gasteiger partial charge in [0.2, 0.25) is 0 Å². The Morgan fingerprint density at radius 2 is 1.91 bits per heavy atom. The molecule has 0 aliphatic carbocycles. The van der Waals surface area contributed by atoms with Gasteiger partial charge in [0.15, 0.2) is 5.82 Å². The predicted molar refractivity (Wildman–Crippen MR) is 133 cm³/mol. The van der Waals surface area contributed by atoms with Gasteiger partial charge in [-0.25, -0.2) is 15.0 Å². The summed E-state index contributed by atoms with van der Waals surface area (Å²) in [6, 6.07) is 8.80. The topological polar surface area (TPSA) is 83.0 Å². The number of para-hydroxylation sites is 1. The van der Waals surface area contributed by atoms with Crippen LogP contribution in [-0.2, 0) is 14.9 Å². The third-order valence-corrected chi connectivity index (χ3v) is 7.58. The Morgan fingerprint density at radius 3 is 2.68 bits per heavy atom. The van der Waals surface area contributed by atoms with Gasteiger partial charge in [-0.3, -0.25) is 4.79 Å². The Labute approximate surface area is 201 Å². The first-order valence-corrected chi connectivity index (χ1v) is 12.3. The van der Waals surface area contributed by atoms with Gasteiger partial charge in [-0.05, 0) is 71.3 Å². The summed E-state index contributed by atoms with van der Waals surface area (Å²) in [7, 11) is 2.19. The summed E-state index contributed by atoms with van der Waals surface area (Å²) in [5.74, 6) is 0.628. The summed E-state index contributed by atoms with van der Waals surface area (Å²) in [4.78, 5) is 31.5. The molecule has 2 saturated heterocycles. The predicted octanol–water partition coefficient (Wildman–Crippen LogP) is 3.29. The molecule has 3 aliphatic rings. The number of anilines is 2. The van der Waals surface area contributed by atoms with E-state index in [-0.39, 0.29) is 17.4 Å². The maximum absolute atomic E-state index is 12.9. The fraction of sp³-hybridized carbons (Fsp3) is 0.538. The number of hydrogen-bond donors (Lipinski definition) is 1. The second-order valence-corrected chi connectivity index (χ2v) is 9.88. The number of carbonyl (C=O) groups is 1. The second kappa shape index (κ2) is 9.43. The number of aliphatic imine (C=N–C) groups is 1. The van der Waals surface area contributed by atoms with Crippen molar-refractivity contribution < 1.29 is 9.53 Å². The number of piperidine rings is 1. The summed E-state index contributed by atoms with van der Waals surface area (Å²) in [5, 5.41) is 3.10. The normalized spacial score (nSPS) is 21.0. The molecule has 0 atom stereocenters. The van der Waals surface area contributed by atoms with E-state index >= 15 is 0 Å². The van der Waals surface area contributed by atoms with Crippen LogP contribution in [0.5, 0.6) is 0 Å². The highest BCUT2D eigenvalue weighted by atomic mass is 16.5. The molecule has 8 nitrogen and oxygen atoms in total. The Hall–Kier alpha value is -2.84. The van der Waals surface area contributed by atoms with Crippen LogP contribution in [0, 0.1) is 6.92 Å². The van der Waals surface area contributed by atoms with Crippen molar-refractivity contribution in [2.45, 2.75) is 51.0 Å². The van der Waals surface area contributed by atoms with Crippen LogP contribution in [0.2, 0.25) is 0 Å². The maximum atomic E-state index is 12.9. The number of ether oxygens (including phenoxy) is 1. The number of amides is 1. The average molecular weight is 463 g/mol. The number of carbonyl (C=O) groups excluding carboxylic acids is 1. The number of hydrogen-bond acceptors (Lipinski definition) is 7. The van der Waals surface area contributed by atoms with Gasteiger partial charge in [0.25, 0.3) is 5.91 Å². The molecule has 0 bridgehead atoms. The quantitative estimate of drug-likeness (QED) is 0.702. The molecule has 34 heavy (non-hydrogen) atoms. The number of nitrogens with zero attached hydrogens (tertiary/aromatic N) is 5. The lowest BCUT2D eigenvalue weighted by Crippen LogP contribution is -2.43. The van der Waals surface area contributed by atoms with E-state index in [1.165, 1.54) is 11.3 Å². The van der Waals surface area contributed by atoms with E-state index in [0.29, 0.717) is 24.6 Å². The first-order valence-electron chi connectivity index (χ1n) is 12.3. The smallest absolute Gasteiger partial charge is 0.265 e. The van der Waals surface area contributed by atoms with E-state index in [9.17, 15) is 4.79 Å². The summed E-state index contributed by atoms with van der Waals surface area (Å²) < 4.78 is 5.40. The van der Waals surface area contributed by atoms with Crippen LogP contribution in [0.25, 0.3) is 0 Å². The molecule has 2 fully saturated rings. The summed E-state index contributed by atoms with van der Waals surface area (Å²) in [5.41, 5.74) is 4.55. The number of aryl methyl sites for hydroxylation is 1. The average Bonchev–Trinajstić information content (AvgIpc) is 3.17. The minimum atomic E-state index is -0.144. The van der Waals surface area contributed by atoms with Crippen LogP contribution < -0.4 is 10.2 Å². The monoisotopic (exact) mass is 462 g/mol. The first kappa shape index (κ1) is 22.9. The molecule has 1 aromatic carbocycles. The van der Waals surface area contributed by atoms with Crippen molar-refractivity contribution in [3.63, 3.8) is 0 Å². The minimum absolute atomic E-state index is 0.110. The molecule has 1 aromatic heterocycles. The highest BCUT2D eigenvalue weighted by Crippen LogP contribution is 2.50. The van der Waals surface area contributed by atoms with E-state index in [2.05, 4.69) is 51.4 Å². The van der Waals surface area contributed by atoms with Gasteiger partial charge in [0.05, 0.1) is 5.69 Å². The molecular weight excluding hydrogens is 428 g/mol. The zero-order valence-electron chi connectivity index (χ0n) is 20.4. The summed E-state index contributed by atoms with van der Waals surface area (Å²) >= 11 is 0. The molecule has 5 rings (SSSR count). The highest BCUT2D eigenvalue weighted by Gasteiger charge is 2.45. The molecule has 0 radical (unpaired) electrons. The van der Waals surface area contributed by atoms with Gasteiger partial charge in [0.1, 0.15) is 17.7 Å². The number of nitrogens with one attached hydrogen (secondary N) is 1. The highest BCUT2D eigenvalue weighted by molar-refractivity contribution is 6.38. The van der Waals surface area contributed by atoms with Gasteiger partial charge >= 0.3 is 0 Å². The van der Waals surface area contributed by atoms with Crippen LogP contribution in [-0.4, -0.2) is 72.4 Å². The van der Waals surface area contributed by atoms with E-state index in [4.69, 9.17) is 14.7 Å². The Balaban J connectivity index is 1.47. The van der Waals surface area contributed by atoms with Gasteiger partial charge in [-0.2, -0.15) is 0 Å². The van der Waals surface area contributed by atoms with Crippen LogP contribution in [0.3, 0.4) is 0 Å². The van der Waals surface area contributed by atoms with Gasteiger partial charge in [-0.1, -0.05) is 18.2 Å². The number of benzene rings is 1. The lowest BCUT2D eigenvalue weighted by Gasteiger charge is -2.38. The van der Waals surface area contributed by atoms with Crippen LogP contribution >= 0.6 is 0 Å². The lowest BCUT2D eigenvalue weighted by molar-refractivity contribution is -0.116.